The molecule has 0 aliphatic rings. The van der Waals surface area contributed by atoms with Crippen molar-refractivity contribution in [2.45, 2.75) is 20.4 Å². The summed E-state index contributed by atoms with van der Waals surface area (Å²) in [5.74, 6) is 0.220. The maximum atomic E-state index is 8.42. The monoisotopic (exact) mass is 162 g/mol. The molecule has 0 aromatic carbocycles. The fraction of sp³-hybridized carbons (Fsp3) is 0.375. The molecule has 0 saturated carbocycles. The highest BCUT2D eigenvalue weighted by molar-refractivity contribution is 5.05. The van der Waals surface area contributed by atoms with Gasteiger partial charge in [-0.2, -0.15) is 5.26 Å². The summed E-state index contributed by atoms with van der Waals surface area (Å²) in [6.45, 7) is 4.71. The van der Waals surface area contributed by atoms with E-state index in [4.69, 9.17) is 5.26 Å². The van der Waals surface area contributed by atoms with Gasteiger partial charge in [0.2, 0.25) is 0 Å². The van der Waals surface area contributed by atoms with Gasteiger partial charge in [-0.3, -0.25) is 0 Å². The first-order valence-corrected chi connectivity index (χ1v) is 3.65. The molecule has 0 bridgehead atoms. The third-order valence-corrected chi connectivity index (χ3v) is 1.32. The maximum Gasteiger partial charge on any atom is 0.252 e. The van der Waals surface area contributed by atoms with Gasteiger partial charge in [0.1, 0.15) is 12.4 Å². The highest BCUT2D eigenvalue weighted by atomic mass is 15.3. The van der Waals surface area contributed by atoms with Crippen LogP contribution in [0.3, 0.4) is 0 Å². The summed E-state index contributed by atoms with van der Waals surface area (Å²) in [7, 11) is 0. The molecule has 0 fully saturated rings. The molecule has 0 N–H and O–H groups in total. The van der Waals surface area contributed by atoms with Crippen molar-refractivity contribution < 1.29 is 0 Å². The lowest BCUT2D eigenvalue weighted by atomic mass is 10.3. The van der Waals surface area contributed by atoms with Crippen LogP contribution < -0.4 is 0 Å². The molecule has 0 atom stereocenters. The summed E-state index contributed by atoms with van der Waals surface area (Å²) in [4.78, 5) is 3.77. The number of allylic oxidation sites excluding steroid dienone is 2. The molecule has 1 rings (SSSR count). The van der Waals surface area contributed by atoms with Crippen LogP contribution in [0, 0.1) is 11.3 Å². The molecule has 62 valence electrons. The summed E-state index contributed by atoms with van der Waals surface area (Å²) in [5.41, 5.74) is 1.23. The van der Waals surface area contributed by atoms with Crippen LogP contribution in [0.1, 0.15) is 19.7 Å². The first kappa shape index (κ1) is 8.47. The lowest BCUT2D eigenvalue weighted by molar-refractivity contribution is 0.694. The second-order valence-corrected chi connectivity index (χ2v) is 2.68. The standard InChI is InChI=1S/C8H10N4/c1-7(2)3-4-12-6-10-8(5-9)11-12/h3,6H,4H2,1-2H3. The Morgan fingerprint density at radius 2 is 2.50 bits per heavy atom. The number of nitriles is 1. The Bertz CT molecular complexity index is 325. The van der Waals surface area contributed by atoms with Crippen LogP contribution >= 0.6 is 0 Å². The zero-order chi connectivity index (χ0) is 8.97. The zero-order valence-corrected chi connectivity index (χ0v) is 7.15. The minimum atomic E-state index is 0.220. The molecule has 12 heavy (non-hydrogen) atoms. The molecule has 0 aliphatic carbocycles. The van der Waals surface area contributed by atoms with E-state index in [0.29, 0.717) is 6.54 Å². The Morgan fingerprint density at radius 1 is 1.75 bits per heavy atom. The smallest absolute Gasteiger partial charge is 0.248 e. The number of nitrogens with zero attached hydrogens (tertiary/aromatic N) is 4. The lowest BCUT2D eigenvalue weighted by Crippen LogP contribution is -1.96. The molecule has 1 heterocycles. The van der Waals surface area contributed by atoms with Crippen LogP contribution in [0.15, 0.2) is 18.0 Å². The van der Waals surface area contributed by atoms with E-state index in [1.807, 2.05) is 26.0 Å². The Kier molecular flexibility index (Phi) is 2.59. The fourth-order valence-corrected chi connectivity index (χ4v) is 0.710. The molecule has 0 amide bonds. The van der Waals surface area contributed by atoms with Crippen molar-refractivity contribution in [3.05, 3.63) is 23.8 Å². The molecule has 0 aliphatic heterocycles. The fourth-order valence-electron chi connectivity index (χ4n) is 0.710. The predicted molar refractivity (Wildman–Crippen MR) is 44.2 cm³/mol. The van der Waals surface area contributed by atoms with Gasteiger partial charge >= 0.3 is 0 Å². The summed E-state index contributed by atoms with van der Waals surface area (Å²) in [6.07, 6.45) is 3.58. The van der Waals surface area contributed by atoms with Crippen molar-refractivity contribution in [2.75, 3.05) is 0 Å². The first-order chi connectivity index (χ1) is 5.72. The zero-order valence-electron chi connectivity index (χ0n) is 7.15. The Morgan fingerprint density at radius 3 is 3.00 bits per heavy atom. The average molecular weight is 162 g/mol. The van der Waals surface area contributed by atoms with Crippen molar-refractivity contribution in [2.24, 2.45) is 0 Å². The summed E-state index contributed by atoms with van der Waals surface area (Å²) < 4.78 is 1.63. The largest absolute Gasteiger partial charge is 0.252 e. The van der Waals surface area contributed by atoms with Crippen molar-refractivity contribution >= 4 is 0 Å². The molecule has 0 spiro atoms. The SMILES string of the molecule is CC(C)=CCn1cnc(C#N)n1. The van der Waals surface area contributed by atoms with Gasteiger partial charge < -0.3 is 0 Å². The van der Waals surface area contributed by atoms with E-state index < -0.39 is 0 Å². The highest BCUT2D eigenvalue weighted by Gasteiger charge is 1.95. The number of hydrogen-bond acceptors (Lipinski definition) is 3. The van der Waals surface area contributed by atoms with Crippen molar-refractivity contribution in [3.63, 3.8) is 0 Å². The first-order valence-electron chi connectivity index (χ1n) is 3.65. The van der Waals surface area contributed by atoms with E-state index in [1.54, 1.807) is 11.0 Å². The quantitative estimate of drug-likeness (QED) is 0.612. The predicted octanol–water partition coefficient (Wildman–Crippen LogP) is 1.12. The number of aromatic nitrogens is 3. The summed E-state index contributed by atoms with van der Waals surface area (Å²) in [5, 5.41) is 12.3. The molecular weight excluding hydrogens is 152 g/mol. The van der Waals surface area contributed by atoms with Gasteiger partial charge in [-0.1, -0.05) is 11.6 Å². The maximum absolute atomic E-state index is 8.42. The van der Waals surface area contributed by atoms with Crippen LogP contribution in [0.5, 0.6) is 0 Å². The molecule has 4 heteroatoms. The Labute approximate surface area is 71.2 Å². The van der Waals surface area contributed by atoms with Gasteiger partial charge in [-0.25, -0.2) is 9.67 Å². The summed E-state index contributed by atoms with van der Waals surface area (Å²) >= 11 is 0. The molecule has 0 radical (unpaired) electrons. The normalized spacial score (nSPS) is 9.08. The molecule has 1 aromatic rings. The average Bonchev–Trinajstić information content (AvgIpc) is 2.48. The van der Waals surface area contributed by atoms with Crippen LogP contribution in [-0.4, -0.2) is 14.8 Å². The van der Waals surface area contributed by atoms with Crippen LogP contribution in [0.25, 0.3) is 0 Å². The summed E-state index contributed by atoms with van der Waals surface area (Å²) in [6, 6.07) is 1.87. The minimum Gasteiger partial charge on any atom is -0.248 e. The van der Waals surface area contributed by atoms with Crippen molar-refractivity contribution in [1.82, 2.24) is 14.8 Å². The van der Waals surface area contributed by atoms with Crippen molar-refractivity contribution in [1.29, 1.82) is 5.26 Å². The Hall–Kier alpha value is -1.63. The molecular formula is C8H10N4. The molecule has 0 unspecified atom stereocenters. The third kappa shape index (κ3) is 2.20. The van der Waals surface area contributed by atoms with Gasteiger partial charge in [0.15, 0.2) is 0 Å². The van der Waals surface area contributed by atoms with E-state index in [-0.39, 0.29) is 5.82 Å². The second kappa shape index (κ2) is 3.67. The topological polar surface area (TPSA) is 54.5 Å². The van der Waals surface area contributed by atoms with E-state index >= 15 is 0 Å². The van der Waals surface area contributed by atoms with Crippen LogP contribution in [-0.2, 0) is 6.54 Å². The van der Waals surface area contributed by atoms with Crippen molar-refractivity contribution in [3.8, 4) is 6.07 Å². The van der Waals surface area contributed by atoms with Crippen LogP contribution in [0.2, 0.25) is 0 Å². The lowest BCUT2D eigenvalue weighted by Gasteiger charge is -1.92. The minimum absolute atomic E-state index is 0.220. The highest BCUT2D eigenvalue weighted by Crippen LogP contribution is 1.92. The van der Waals surface area contributed by atoms with Gasteiger partial charge in [0.25, 0.3) is 5.82 Å². The van der Waals surface area contributed by atoms with E-state index in [0.717, 1.165) is 0 Å². The molecule has 0 saturated heterocycles. The van der Waals surface area contributed by atoms with E-state index in [1.165, 1.54) is 5.57 Å². The van der Waals surface area contributed by atoms with Gasteiger partial charge in [-0.05, 0) is 13.8 Å². The van der Waals surface area contributed by atoms with E-state index in [2.05, 4.69) is 10.1 Å². The van der Waals surface area contributed by atoms with Gasteiger partial charge in [-0.15, -0.1) is 5.10 Å². The number of rotatable bonds is 2. The third-order valence-electron chi connectivity index (χ3n) is 1.32. The molecule has 1 aromatic heterocycles. The van der Waals surface area contributed by atoms with E-state index in [9.17, 15) is 0 Å². The van der Waals surface area contributed by atoms with Gasteiger partial charge in [0, 0.05) is 0 Å². The molecule has 4 nitrogen and oxygen atoms in total. The van der Waals surface area contributed by atoms with Gasteiger partial charge in [0.05, 0.1) is 6.54 Å². The Balaban J connectivity index is 2.66. The number of hydrogen-bond donors (Lipinski definition) is 0. The second-order valence-electron chi connectivity index (χ2n) is 2.68. The van der Waals surface area contributed by atoms with Crippen LogP contribution in [0.4, 0.5) is 0 Å².